The van der Waals surface area contributed by atoms with Crippen LogP contribution in [-0.2, 0) is 0 Å². The second-order valence-corrected chi connectivity index (χ2v) is 6.09. The Morgan fingerprint density at radius 3 is 2.63 bits per heavy atom. The second kappa shape index (κ2) is 6.64. The van der Waals surface area contributed by atoms with E-state index in [1.807, 2.05) is 19.1 Å². The minimum atomic E-state index is -0.755. The van der Waals surface area contributed by atoms with Crippen LogP contribution in [0.1, 0.15) is 15.9 Å². The molecule has 0 spiro atoms. The van der Waals surface area contributed by atoms with Crippen LogP contribution >= 0.6 is 0 Å². The van der Waals surface area contributed by atoms with Crippen LogP contribution in [0, 0.1) is 18.6 Å². The molecule has 0 saturated heterocycles. The maximum absolute atomic E-state index is 13.9. The molecule has 4 rings (SSSR count). The van der Waals surface area contributed by atoms with Gasteiger partial charge in [-0.3, -0.25) is 4.79 Å². The summed E-state index contributed by atoms with van der Waals surface area (Å²) in [6.45, 7) is 1.86. The number of nitrogens with one attached hydrogen (secondary N) is 1. The lowest BCUT2D eigenvalue weighted by Gasteiger charge is -2.07. The third-order valence-corrected chi connectivity index (χ3v) is 4.20. The third kappa shape index (κ3) is 3.29. The van der Waals surface area contributed by atoms with E-state index < -0.39 is 11.6 Å². The van der Waals surface area contributed by atoms with E-state index >= 15 is 0 Å². The van der Waals surface area contributed by atoms with Crippen LogP contribution in [0.4, 0.5) is 14.5 Å². The molecule has 0 unspecified atom stereocenters. The van der Waals surface area contributed by atoms with Crippen molar-refractivity contribution >= 4 is 22.7 Å². The number of carbonyl (C=O) groups is 1. The molecule has 134 valence electrons. The maximum atomic E-state index is 13.9. The molecular weight excluding hydrogens is 350 g/mol. The van der Waals surface area contributed by atoms with Gasteiger partial charge in [0, 0.05) is 17.3 Å². The number of rotatable bonds is 3. The van der Waals surface area contributed by atoms with Gasteiger partial charge in [0.25, 0.3) is 5.91 Å². The number of oxazole rings is 1. The number of nitrogens with zero attached hydrogens (tertiary/aromatic N) is 1. The molecule has 1 amide bonds. The van der Waals surface area contributed by atoms with Crippen LogP contribution in [0.25, 0.3) is 22.6 Å². The second-order valence-electron chi connectivity index (χ2n) is 6.09. The van der Waals surface area contributed by atoms with E-state index in [0.29, 0.717) is 22.4 Å². The zero-order chi connectivity index (χ0) is 19.0. The normalized spacial score (nSPS) is 10.9. The van der Waals surface area contributed by atoms with Gasteiger partial charge in [0.1, 0.15) is 17.2 Å². The molecule has 0 aliphatic rings. The fraction of sp³-hybridized carbons (Fsp3) is 0.0476. The maximum Gasteiger partial charge on any atom is 0.255 e. The fourth-order valence-corrected chi connectivity index (χ4v) is 2.81. The van der Waals surface area contributed by atoms with Crippen LogP contribution in [0.2, 0.25) is 0 Å². The molecule has 6 heteroatoms. The summed E-state index contributed by atoms with van der Waals surface area (Å²) in [6, 6.07) is 15.4. The molecule has 27 heavy (non-hydrogen) atoms. The SMILES string of the molecule is Cc1ccccc1C(=O)Nc1ccc2oc(-c3ccc(F)cc3F)nc2c1. The minimum Gasteiger partial charge on any atom is -0.436 e. The highest BCUT2D eigenvalue weighted by atomic mass is 19.1. The van der Waals surface area contributed by atoms with E-state index in [9.17, 15) is 13.6 Å². The predicted molar refractivity (Wildman–Crippen MR) is 98.5 cm³/mol. The Balaban J connectivity index is 1.65. The number of halogens is 2. The summed E-state index contributed by atoms with van der Waals surface area (Å²) in [4.78, 5) is 16.7. The van der Waals surface area contributed by atoms with E-state index in [2.05, 4.69) is 10.3 Å². The van der Waals surface area contributed by atoms with E-state index in [-0.39, 0.29) is 17.4 Å². The summed E-state index contributed by atoms with van der Waals surface area (Å²) in [7, 11) is 0. The van der Waals surface area contributed by atoms with Gasteiger partial charge in [-0.1, -0.05) is 18.2 Å². The minimum absolute atomic E-state index is 0.0462. The van der Waals surface area contributed by atoms with Crippen molar-refractivity contribution in [3.05, 3.63) is 83.4 Å². The number of aryl methyl sites for hydroxylation is 1. The fourth-order valence-electron chi connectivity index (χ4n) is 2.81. The molecular formula is C21H14F2N2O2. The number of aromatic nitrogens is 1. The van der Waals surface area contributed by atoms with E-state index in [0.717, 1.165) is 17.7 Å². The lowest BCUT2D eigenvalue weighted by molar-refractivity contribution is 0.102. The van der Waals surface area contributed by atoms with Gasteiger partial charge in [0.2, 0.25) is 5.89 Å². The van der Waals surface area contributed by atoms with Crippen molar-refractivity contribution < 1.29 is 18.0 Å². The number of hydrogen-bond donors (Lipinski definition) is 1. The smallest absolute Gasteiger partial charge is 0.255 e. The van der Waals surface area contributed by atoms with Crippen molar-refractivity contribution in [1.82, 2.24) is 4.98 Å². The van der Waals surface area contributed by atoms with Crippen molar-refractivity contribution in [3.8, 4) is 11.5 Å². The first-order valence-corrected chi connectivity index (χ1v) is 8.24. The first kappa shape index (κ1) is 16.9. The lowest BCUT2D eigenvalue weighted by atomic mass is 10.1. The first-order valence-electron chi connectivity index (χ1n) is 8.24. The van der Waals surface area contributed by atoms with Gasteiger partial charge in [-0.2, -0.15) is 0 Å². The molecule has 0 aliphatic carbocycles. The predicted octanol–water partition coefficient (Wildman–Crippen LogP) is 5.33. The van der Waals surface area contributed by atoms with Crippen molar-refractivity contribution in [2.75, 3.05) is 5.32 Å². The number of carbonyl (C=O) groups excluding carboxylic acids is 1. The average molecular weight is 364 g/mol. The highest BCUT2D eigenvalue weighted by molar-refractivity contribution is 6.05. The van der Waals surface area contributed by atoms with Crippen LogP contribution in [-0.4, -0.2) is 10.9 Å². The monoisotopic (exact) mass is 364 g/mol. The molecule has 3 aromatic carbocycles. The Labute approximate surface area is 153 Å². The topological polar surface area (TPSA) is 55.1 Å². The Morgan fingerprint density at radius 2 is 1.85 bits per heavy atom. The highest BCUT2D eigenvalue weighted by Crippen LogP contribution is 2.28. The molecule has 0 radical (unpaired) electrons. The molecule has 4 nitrogen and oxygen atoms in total. The molecule has 4 aromatic rings. The Morgan fingerprint density at radius 1 is 1.04 bits per heavy atom. The van der Waals surface area contributed by atoms with Crippen molar-refractivity contribution in [3.63, 3.8) is 0 Å². The summed E-state index contributed by atoms with van der Waals surface area (Å²) < 4.78 is 32.6. The van der Waals surface area contributed by atoms with Crippen LogP contribution in [0.3, 0.4) is 0 Å². The zero-order valence-electron chi connectivity index (χ0n) is 14.3. The number of fused-ring (bicyclic) bond motifs is 1. The van der Waals surface area contributed by atoms with Gasteiger partial charge >= 0.3 is 0 Å². The number of amides is 1. The standard InChI is InChI=1S/C21H14F2N2O2/c1-12-4-2-3-5-15(12)20(26)24-14-7-9-19-18(11-14)25-21(27-19)16-8-6-13(22)10-17(16)23/h2-11H,1H3,(H,24,26). The Bertz CT molecular complexity index is 1170. The van der Waals surface area contributed by atoms with Crippen LogP contribution in [0.15, 0.2) is 65.1 Å². The van der Waals surface area contributed by atoms with E-state index in [4.69, 9.17) is 4.42 Å². The van der Waals surface area contributed by atoms with Crippen molar-refractivity contribution in [2.45, 2.75) is 6.92 Å². The Hall–Kier alpha value is -3.54. The molecule has 0 bridgehead atoms. The van der Waals surface area contributed by atoms with Gasteiger partial charge in [-0.05, 0) is 48.9 Å². The number of hydrogen-bond acceptors (Lipinski definition) is 3. The molecule has 0 atom stereocenters. The molecule has 0 fully saturated rings. The summed E-state index contributed by atoms with van der Waals surface area (Å²) >= 11 is 0. The quantitative estimate of drug-likeness (QED) is 0.534. The molecule has 1 aromatic heterocycles. The van der Waals surface area contributed by atoms with Crippen LogP contribution in [0.5, 0.6) is 0 Å². The van der Waals surface area contributed by atoms with E-state index in [1.54, 1.807) is 30.3 Å². The van der Waals surface area contributed by atoms with Crippen LogP contribution < -0.4 is 5.32 Å². The first-order chi connectivity index (χ1) is 13.0. The highest BCUT2D eigenvalue weighted by Gasteiger charge is 2.15. The van der Waals surface area contributed by atoms with Gasteiger partial charge in [-0.15, -0.1) is 0 Å². The van der Waals surface area contributed by atoms with E-state index in [1.165, 1.54) is 6.07 Å². The Kier molecular flexibility index (Phi) is 4.16. The number of anilines is 1. The van der Waals surface area contributed by atoms with Crippen molar-refractivity contribution in [1.29, 1.82) is 0 Å². The van der Waals surface area contributed by atoms with Gasteiger partial charge < -0.3 is 9.73 Å². The molecule has 1 N–H and O–H groups in total. The number of benzene rings is 3. The lowest BCUT2D eigenvalue weighted by Crippen LogP contribution is -2.13. The van der Waals surface area contributed by atoms with Gasteiger partial charge in [0.15, 0.2) is 5.58 Å². The average Bonchev–Trinajstić information content (AvgIpc) is 3.05. The summed E-state index contributed by atoms with van der Waals surface area (Å²) in [5.74, 6) is -1.62. The van der Waals surface area contributed by atoms with Crippen molar-refractivity contribution in [2.24, 2.45) is 0 Å². The zero-order valence-corrected chi connectivity index (χ0v) is 14.3. The van der Waals surface area contributed by atoms with Gasteiger partial charge in [-0.25, -0.2) is 13.8 Å². The summed E-state index contributed by atoms with van der Waals surface area (Å²) in [5, 5.41) is 2.81. The van der Waals surface area contributed by atoms with Gasteiger partial charge in [0.05, 0.1) is 5.56 Å². The molecule has 0 saturated carbocycles. The summed E-state index contributed by atoms with van der Waals surface area (Å²) in [6.07, 6.45) is 0. The largest absolute Gasteiger partial charge is 0.436 e. The molecule has 1 heterocycles. The summed E-state index contributed by atoms with van der Waals surface area (Å²) in [5.41, 5.74) is 2.94. The molecule has 0 aliphatic heterocycles. The third-order valence-electron chi connectivity index (χ3n) is 4.20.